The van der Waals surface area contributed by atoms with E-state index in [1.165, 1.54) is 6.20 Å². The molecule has 3 aromatic carbocycles. The summed E-state index contributed by atoms with van der Waals surface area (Å²) in [6, 6.07) is 15.2. The largest absolute Gasteiger partial charge is 0.461 e. The third kappa shape index (κ3) is 2.59. The van der Waals surface area contributed by atoms with Crippen LogP contribution < -0.4 is 0 Å². The third-order valence-corrected chi connectivity index (χ3v) is 4.83. The fraction of sp³-hybridized carbons (Fsp3) is 0.240. The van der Waals surface area contributed by atoms with Gasteiger partial charge in [-0.3, -0.25) is 4.98 Å². The summed E-state index contributed by atoms with van der Waals surface area (Å²) in [4.78, 5) is 4.56. The molecule has 5 rings (SSSR count). The van der Waals surface area contributed by atoms with E-state index in [1.54, 1.807) is 12.1 Å². The maximum atomic E-state index is 8.66. The lowest BCUT2D eigenvalue weighted by atomic mass is 9.90. The second kappa shape index (κ2) is 5.56. The molecule has 134 valence electrons. The summed E-state index contributed by atoms with van der Waals surface area (Å²) in [7, 11) is 0. The van der Waals surface area contributed by atoms with Crippen LogP contribution in [0.3, 0.4) is 0 Å². The van der Waals surface area contributed by atoms with Gasteiger partial charge in [0, 0.05) is 41.0 Å². The first-order valence-electron chi connectivity index (χ1n) is 11.6. The number of pyridine rings is 1. The van der Waals surface area contributed by atoms with Crippen molar-refractivity contribution in [3.8, 4) is 0 Å². The van der Waals surface area contributed by atoms with E-state index in [0.717, 1.165) is 37.8 Å². The van der Waals surface area contributed by atoms with E-state index in [9.17, 15) is 0 Å². The number of furan rings is 1. The van der Waals surface area contributed by atoms with Crippen LogP contribution in [-0.4, -0.2) is 4.98 Å². The fourth-order valence-corrected chi connectivity index (χ4v) is 3.85. The molecule has 2 heteroatoms. The molecule has 2 aromatic heterocycles. The molecule has 0 radical (unpaired) electrons. The number of aryl methyl sites for hydroxylation is 1. The zero-order valence-electron chi connectivity index (χ0n) is 20.6. The Hall–Kier alpha value is -2.87. The van der Waals surface area contributed by atoms with Gasteiger partial charge in [0.1, 0.15) is 11.3 Å². The minimum atomic E-state index is -2.28. The Balaban J connectivity index is 1.99. The Labute approximate surface area is 165 Å². The smallest absolute Gasteiger partial charge is 0.134 e. The van der Waals surface area contributed by atoms with Gasteiger partial charge in [-0.15, -0.1) is 0 Å². The highest BCUT2D eigenvalue weighted by molar-refractivity contribution is 6.30. The van der Waals surface area contributed by atoms with Gasteiger partial charge < -0.3 is 4.42 Å². The average Bonchev–Trinajstić information content (AvgIpc) is 3.17. The molecule has 0 aliphatic carbocycles. The highest BCUT2D eigenvalue weighted by Crippen LogP contribution is 2.39. The van der Waals surface area contributed by atoms with Crippen LogP contribution >= 0.6 is 0 Å². The van der Waals surface area contributed by atoms with E-state index in [1.807, 2.05) is 57.2 Å². The number of aromatic nitrogens is 1. The fourth-order valence-electron chi connectivity index (χ4n) is 3.85. The van der Waals surface area contributed by atoms with E-state index in [2.05, 4.69) is 4.98 Å². The van der Waals surface area contributed by atoms with E-state index < -0.39 is 18.6 Å². The topological polar surface area (TPSA) is 26.0 Å². The molecular formula is C25H23NO. The van der Waals surface area contributed by atoms with Crippen molar-refractivity contribution in [3.63, 3.8) is 0 Å². The predicted octanol–water partition coefficient (Wildman–Crippen LogP) is 7.18. The molecule has 0 saturated heterocycles. The first-order valence-corrected chi connectivity index (χ1v) is 9.07. The predicted molar refractivity (Wildman–Crippen MR) is 114 cm³/mol. The van der Waals surface area contributed by atoms with Crippen molar-refractivity contribution in [2.45, 2.75) is 34.0 Å². The van der Waals surface area contributed by atoms with Crippen LogP contribution in [0, 0.1) is 12.3 Å². The summed E-state index contributed by atoms with van der Waals surface area (Å²) in [5, 5.41) is 5.21. The van der Waals surface area contributed by atoms with Crippen LogP contribution in [0.5, 0.6) is 0 Å². The Bertz CT molecular complexity index is 1520. The number of rotatable bonds is 1. The molecule has 0 bridgehead atoms. The van der Waals surface area contributed by atoms with Gasteiger partial charge in [-0.25, -0.2) is 0 Å². The lowest BCUT2D eigenvalue weighted by Gasteiger charge is -2.15. The van der Waals surface area contributed by atoms with Crippen molar-refractivity contribution in [3.05, 3.63) is 66.1 Å². The van der Waals surface area contributed by atoms with E-state index in [0.29, 0.717) is 5.58 Å². The van der Waals surface area contributed by atoms with Crippen molar-refractivity contribution < 1.29 is 11.3 Å². The van der Waals surface area contributed by atoms with Crippen molar-refractivity contribution in [1.29, 1.82) is 0 Å². The van der Waals surface area contributed by atoms with Crippen molar-refractivity contribution in [1.82, 2.24) is 4.98 Å². The van der Waals surface area contributed by atoms with Crippen LogP contribution in [0.4, 0.5) is 0 Å². The normalized spacial score (nSPS) is 16.3. The zero-order chi connectivity index (χ0) is 23.1. The van der Waals surface area contributed by atoms with E-state index >= 15 is 0 Å². The quantitative estimate of drug-likeness (QED) is 0.296. The second-order valence-corrected chi connectivity index (χ2v) is 8.05. The van der Waals surface area contributed by atoms with Gasteiger partial charge in [-0.1, -0.05) is 45.0 Å². The summed E-state index contributed by atoms with van der Waals surface area (Å²) < 4.78 is 46.9. The van der Waals surface area contributed by atoms with Gasteiger partial charge >= 0.3 is 0 Å². The Morgan fingerprint density at radius 2 is 1.78 bits per heavy atom. The molecule has 0 saturated carbocycles. The van der Waals surface area contributed by atoms with Crippen LogP contribution in [0.25, 0.3) is 43.4 Å². The Kier molecular flexibility index (Phi) is 2.42. The van der Waals surface area contributed by atoms with Gasteiger partial charge in [-0.2, -0.15) is 0 Å². The molecule has 0 N–H and O–H groups in total. The van der Waals surface area contributed by atoms with Crippen LogP contribution in [0.2, 0.25) is 0 Å². The summed E-state index contributed by atoms with van der Waals surface area (Å²) in [6.45, 7) is 3.24. The SMILES string of the molecule is [2H]C([2H])([2H])c1cnc2c3ccccc3c3ccc4oc(C([2H])([2H])C(C)(C)C)cc4c3c2c1. The number of benzene rings is 3. The molecular weight excluding hydrogens is 330 g/mol. The summed E-state index contributed by atoms with van der Waals surface area (Å²) in [5.74, 6) is 0.258. The molecule has 0 aliphatic heterocycles. The van der Waals surface area contributed by atoms with Gasteiger partial charge in [0.05, 0.1) is 5.52 Å². The van der Waals surface area contributed by atoms with Crippen LogP contribution in [0.1, 0.15) is 38.9 Å². The molecule has 2 heterocycles. The van der Waals surface area contributed by atoms with Crippen molar-refractivity contribution in [2.75, 3.05) is 0 Å². The Morgan fingerprint density at radius 3 is 2.56 bits per heavy atom. The molecule has 5 aromatic rings. The van der Waals surface area contributed by atoms with Gasteiger partial charge in [0.2, 0.25) is 0 Å². The number of hydrogen-bond acceptors (Lipinski definition) is 2. The highest BCUT2D eigenvalue weighted by atomic mass is 16.3. The number of hydrogen-bond donors (Lipinski definition) is 0. The van der Waals surface area contributed by atoms with E-state index in [4.69, 9.17) is 11.3 Å². The van der Waals surface area contributed by atoms with E-state index in [-0.39, 0.29) is 11.3 Å². The molecule has 0 amide bonds. The molecule has 27 heavy (non-hydrogen) atoms. The molecule has 0 unspecified atom stereocenters. The maximum absolute atomic E-state index is 8.66. The standard InChI is InChI=1S/C25H23NO/c1-15-11-21-23-18(17-7-5-6-8-19(17)24(21)26-14-15)9-10-22-20(23)12-16(27-22)13-25(2,3)4/h5-12,14H,13H2,1-4H3/i1D3,13D2. The minimum absolute atomic E-state index is 0.173. The van der Waals surface area contributed by atoms with Gasteiger partial charge in [-0.05, 0) is 52.9 Å². The first-order chi connectivity index (χ1) is 14.9. The number of fused-ring (bicyclic) bond motifs is 8. The third-order valence-electron chi connectivity index (χ3n) is 4.83. The zero-order valence-corrected chi connectivity index (χ0v) is 15.6. The Morgan fingerprint density at radius 1 is 0.963 bits per heavy atom. The highest BCUT2D eigenvalue weighted by Gasteiger charge is 2.18. The summed E-state index contributed by atoms with van der Waals surface area (Å²) in [6.07, 6.45) is -0.264. The lowest BCUT2D eigenvalue weighted by molar-refractivity contribution is 0.370. The summed E-state index contributed by atoms with van der Waals surface area (Å²) in [5.41, 5.74) is 0.792. The number of nitrogens with zero attached hydrogens (tertiary/aromatic N) is 1. The second-order valence-electron chi connectivity index (χ2n) is 8.05. The van der Waals surface area contributed by atoms with Gasteiger partial charge in [0.25, 0.3) is 0 Å². The van der Waals surface area contributed by atoms with Crippen LogP contribution in [0.15, 0.2) is 59.1 Å². The first kappa shape index (κ1) is 11.8. The lowest BCUT2D eigenvalue weighted by Crippen LogP contribution is -2.08. The van der Waals surface area contributed by atoms with Crippen molar-refractivity contribution in [2.24, 2.45) is 5.41 Å². The minimum Gasteiger partial charge on any atom is -0.461 e. The van der Waals surface area contributed by atoms with Crippen LogP contribution in [-0.2, 0) is 6.37 Å². The molecule has 2 nitrogen and oxygen atoms in total. The molecule has 0 fully saturated rings. The monoisotopic (exact) mass is 358 g/mol. The molecule has 0 aliphatic rings. The van der Waals surface area contributed by atoms with Gasteiger partial charge in [0.15, 0.2) is 0 Å². The molecule has 0 spiro atoms. The van der Waals surface area contributed by atoms with Crippen molar-refractivity contribution >= 4 is 43.4 Å². The molecule has 0 atom stereocenters. The summed E-state index contributed by atoms with van der Waals surface area (Å²) >= 11 is 0. The average molecular weight is 358 g/mol. The maximum Gasteiger partial charge on any atom is 0.134 e.